The fourth-order valence-electron chi connectivity index (χ4n) is 4.16. The van der Waals surface area contributed by atoms with Gasteiger partial charge >= 0.3 is 0 Å². The largest absolute Gasteiger partial charge is 0.497 e. The molecule has 5 nitrogen and oxygen atoms in total. The van der Waals surface area contributed by atoms with Crippen LogP contribution in [0.5, 0.6) is 11.5 Å². The zero-order chi connectivity index (χ0) is 20.7. The van der Waals surface area contributed by atoms with Crippen LogP contribution in [0.3, 0.4) is 0 Å². The van der Waals surface area contributed by atoms with E-state index in [9.17, 15) is 5.26 Å². The van der Waals surface area contributed by atoms with Crippen LogP contribution in [0, 0.1) is 11.3 Å². The number of rotatable bonds is 2. The van der Waals surface area contributed by atoms with Crippen molar-refractivity contribution in [3.8, 4) is 17.6 Å². The summed E-state index contributed by atoms with van der Waals surface area (Å²) in [6.07, 6.45) is 5.62. The van der Waals surface area contributed by atoms with Gasteiger partial charge in [-0.3, -0.25) is 0 Å². The summed E-state index contributed by atoms with van der Waals surface area (Å²) < 4.78 is 11.4. The molecule has 3 aromatic carbocycles. The van der Waals surface area contributed by atoms with Crippen LogP contribution in [-0.2, 0) is 0 Å². The quantitative estimate of drug-likeness (QED) is 0.622. The summed E-state index contributed by atoms with van der Waals surface area (Å²) in [5.41, 5.74) is 12.8. The van der Waals surface area contributed by atoms with E-state index < -0.39 is 0 Å². The first-order chi connectivity index (χ1) is 14.7. The van der Waals surface area contributed by atoms with Crippen LogP contribution in [0.25, 0.3) is 21.9 Å². The Balaban J connectivity index is 1.83. The summed E-state index contributed by atoms with van der Waals surface area (Å²) in [6, 6.07) is 17.8. The van der Waals surface area contributed by atoms with Gasteiger partial charge in [0.25, 0.3) is 0 Å². The number of anilines is 1. The number of nitrogens with zero attached hydrogens (tertiary/aromatic N) is 1. The Hall–Kier alpha value is -4.17. The maximum absolute atomic E-state index is 9.54. The Labute approximate surface area is 174 Å². The van der Waals surface area contributed by atoms with Gasteiger partial charge in [-0.25, -0.2) is 0 Å². The molecule has 0 spiro atoms. The van der Waals surface area contributed by atoms with Crippen LogP contribution in [0.2, 0.25) is 0 Å². The van der Waals surface area contributed by atoms with Crippen LogP contribution in [0.4, 0.5) is 5.69 Å². The van der Waals surface area contributed by atoms with Gasteiger partial charge in [-0.2, -0.15) is 5.26 Å². The van der Waals surface area contributed by atoms with Gasteiger partial charge in [0, 0.05) is 40.3 Å². The van der Waals surface area contributed by atoms with Crippen molar-refractivity contribution >= 4 is 27.6 Å². The molecule has 0 radical (unpaired) electrons. The van der Waals surface area contributed by atoms with Crippen molar-refractivity contribution in [3.63, 3.8) is 0 Å². The Morgan fingerprint density at radius 3 is 2.77 bits per heavy atom. The second-order valence-electron chi connectivity index (χ2n) is 7.17. The second kappa shape index (κ2) is 7.02. The van der Waals surface area contributed by atoms with E-state index in [0.29, 0.717) is 23.5 Å². The van der Waals surface area contributed by atoms with Crippen LogP contribution in [0.15, 0.2) is 72.6 Å². The molecule has 0 unspecified atom stereocenters. The van der Waals surface area contributed by atoms with Gasteiger partial charge in [0.15, 0.2) is 0 Å². The molecule has 0 fully saturated rings. The average Bonchev–Trinajstić information content (AvgIpc) is 2.98. The molecule has 0 saturated carbocycles. The molecular weight excluding hydrogens is 374 g/mol. The average molecular weight is 393 g/mol. The van der Waals surface area contributed by atoms with E-state index in [-0.39, 0.29) is 0 Å². The molecule has 0 aromatic heterocycles. The number of nitriles is 1. The Bertz CT molecular complexity index is 1310. The van der Waals surface area contributed by atoms with Gasteiger partial charge in [-0.15, -0.1) is 0 Å². The standard InChI is InChI=1S/C25H19N3O2/c1-29-18-7-5-15(6-8-18)21-14-28-13-17-9-10-30-25-19-4-2-3-16(12-26)24(19)22(27)11-20(25)23(17)21/h2-11,13,28H,14,27H2,1H3. The van der Waals surface area contributed by atoms with Crippen molar-refractivity contribution < 1.29 is 9.47 Å². The highest BCUT2D eigenvalue weighted by atomic mass is 16.5. The summed E-state index contributed by atoms with van der Waals surface area (Å²) in [5.74, 6) is 1.52. The molecule has 2 heterocycles. The minimum Gasteiger partial charge on any atom is -0.497 e. The first kappa shape index (κ1) is 17.9. The first-order valence-electron chi connectivity index (χ1n) is 9.61. The van der Waals surface area contributed by atoms with E-state index in [1.165, 1.54) is 0 Å². The molecule has 2 aliphatic heterocycles. The third-order valence-corrected chi connectivity index (χ3v) is 5.53. The Kier molecular flexibility index (Phi) is 4.19. The van der Waals surface area contributed by atoms with Gasteiger partial charge < -0.3 is 20.5 Å². The van der Waals surface area contributed by atoms with E-state index in [1.54, 1.807) is 19.4 Å². The lowest BCUT2D eigenvalue weighted by Gasteiger charge is -2.23. The minimum absolute atomic E-state index is 0.537. The molecule has 0 saturated heterocycles. The van der Waals surface area contributed by atoms with Crippen LogP contribution >= 0.6 is 0 Å². The summed E-state index contributed by atoms with van der Waals surface area (Å²) in [7, 11) is 1.66. The fourth-order valence-corrected chi connectivity index (χ4v) is 4.16. The molecule has 5 rings (SSSR count). The maximum atomic E-state index is 9.54. The van der Waals surface area contributed by atoms with Crippen LogP contribution < -0.4 is 20.5 Å². The molecule has 5 heteroatoms. The number of methoxy groups -OCH3 is 1. The number of hydrogen-bond acceptors (Lipinski definition) is 5. The van der Waals surface area contributed by atoms with Crippen molar-refractivity contribution in [3.05, 3.63) is 89.3 Å². The van der Waals surface area contributed by atoms with Crippen molar-refractivity contribution in [2.24, 2.45) is 0 Å². The van der Waals surface area contributed by atoms with Gasteiger partial charge in [0.1, 0.15) is 11.5 Å². The Morgan fingerprint density at radius 1 is 1.17 bits per heavy atom. The number of nitrogens with one attached hydrogen (secondary N) is 1. The van der Waals surface area contributed by atoms with Crippen molar-refractivity contribution in [1.82, 2.24) is 5.32 Å². The summed E-state index contributed by atoms with van der Waals surface area (Å²) >= 11 is 0. The number of hydrogen-bond donors (Lipinski definition) is 2. The number of nitrogen functional groups attached to an aromatic ring is 1. The third kappa shape index (κ3) is 2.70. The van der Waals surface area contributed by atoms with Crippen LogP contribution in [-0.4, -0.2) is 13.7 Å². The molecule has 0 bridgehead atoms. The van der Waals surface area contributed by atoms with E-state index in [1.807, 2.05) is 42.6 Å². The number of dihydropyridines is 1. The van der Waals surface area contributed by atoms with Gasteiger partial charge in [-0.05, 0) is 47.1 Å². The predicted molar refractivity (Wildman–Crippen MR) is 119 cm³/mol. The number of ether oxygens (including phenoxy) is 2. The van der Waals surface area contributed by atoms with Crippen molar-refractivity contribution in [2.45, 2.75) is 0 Å². The summed E-state index contributed by atoms with van der Waals surface area (Å²) in [4.78, 5) is 0. The minimum atomic E-state index is 0.537. The predicted octanol–water partition coefficient (Wildman–Crippen LogP) is 4.61. The maximum Gasteiger partial charge on any atom is 0.142 e. The van der Waals surface area contributed by atoms with Crippen LogP contribution in [0.1, 0.15) is 16.7 Å². The zero-order valence-electron chi connectivity index (χ0n) is 16.4. The fraction of sp³-hybridized carbons (Fsp3) is 0.0800. The Morgan fingerprint density at radius 2 is 2.00 bits per heavy atom. The SMILES string of the molecule is COc1ccc(C2=C3C(=CNC2)C=COc2c3cc(N)c3c(C#N)cccc23)cc1. The lowest BCUT2D eigenvalue weighted by Crippen LogP contribution is -2.17. The number of fused-ring (bicyclic) bond motifs is 5. The molecule has 0 amide bonds. The van der Waals surface area contributed by atoms with E-state index in [2.05, 4.69) is 23.5 Å². The molecule has 2 aliphatic rings. The van der Waals surface area contributed by atoms with Gasteiger partial charge in [0.2, 0.25) is 0 Å². The second-order valence-corrected chi connectivity index (χ2v) is 7.17. The highest BCUT2D eigenvalue weighted by Gasteiger charge is 2.25. The summed E-state index contributed by atoms with van der Waals surface area (Å²) in [6.45, 7) is 0.675. The monoisotopic (exact) mass is 393 g/mol. The number of allylic oxidation sites excluding steroid dienone is 3. The lowest BCUT2D eigenvalue weighted by atomic mass is 9.86. The number of benzene rings is 3. The molecule has 0 atom stereocenters. The highest BCUT2D eigenvalue weighted by molar-refractivity contribution is 6.10. The molecular formula is C25H19N3O2. The zero-order valence-corrected chi connectivity index (χ0v) is 16.4. The highest BCUT2D eigenvalue weighted by Crippen LogP contribution is 2.46. The smallest absolute Gasteiger partial charge is 0.142 e. The molecule has 0 aliphatic carbocycles. The summed E-state index contributed by atoms with van der Waals surface area (Å²) in [5, 5.41) is 14.5. The van der Waals surface area contributed by atoms with Crippen molar-refractivity contribution in [2.75, 3.05) is 19.4 Å². The first-order valence-corrected chi connectivity index (χ1v) is 9.61. The van der Waals surface area contributed by atoms with E-state index in [0.717, 1.165) is 44.4 Å². The molecule has 3 N–H and O–H groups in total. The molecule has 3 aromatic rings. The normalized spacial score (nSPS) is 14.6. The van der Waals surface area contributed by atoms with E-state index >= 15 is 0 Å². The third-order valence-electron chi connectivity index (χ3n) is 5.53. The van der Waals surface area contributed by atoms with Gasteiger partial charge in [0.05, 0.1) is 25.0 Å². The van der Waals surface area contributed by atoms with Gasteiger partial charge in [-0.1, -0.05) is 24.3 Å². The lowest BCUT2D eigenvalue weighted by molar-refractivity contribution is 0.415. The van der Waals surface area contributed by atoms with E-state index in [4.69, 9.17) is 15.2 Å². The molecule has 30 heavy (non-hydrogen) atoms. The topological polar surface area (TPSA) is 80.3 Å². The van der Waals surface area contributed by atoms with Crippen molar-refractivity contribution in [1.29, 1.82) is 5.26 Å². The molecule has 146 valence electrons. The number of nitrogens with two attached hydrogens (primary N) is 1.